The van der Waals surface area contributed by atoms with E-state index in [1.165, 1.54) is 0 Å². The van der Waals surface area contributed by atoms with Crippen LogP contribution in [0.15, 0.2) is 6.20 Å². The van der Waals surface area contributed by atoms with Gasteiger partial charge in [0.1, 0.15) is 0 Å². The summed E-state index contributed by atoms with van der Waals surface area (Å²) in [5, 5.41) is 0. The number of anilines is 2. The van der Waals surface area contributed by atoms with Gasteiger partial charge in [-0.15, -0.1) is 0 Å². The number of nitrogens with zero attached hydrogens (tertiary/aromatic N) is 3. The maximum atomic E-state index is 13.7. The molecule has 1 aromatic rings. The number of nitrogens with one attached hydrogen (secondary N) is 1. The van der Waals surface area contributed by atoms with Gasteiger partial charge in [-0.1, -0.05) is 0 Å². The van der Waals surface area contributed by atoms with Crippen molar-refractivity contribution in [2.24, 2.45) is 5.84 Å². The third-order valence-electron chi connectivity index (χ3n) is 3.01. The Hall–Kier alpha value is -1.43. The van der Waals surface area contributed by atoms with Crippen molar-refractivity contribution >= 4 is 11.8 Å². The second kappa shape index (κ2) is 3.86. The predicted molar refractivity (Wildman–Crippen MR) is 60.5 cm³/mol. The van der Waals surface area contributed by atoms with Crippen molar-refractivity contribution in [3.8, 4) is 0 Å². The molecular formula is C10H16FN5. The highest BCUT2D eigenvalue weighted by Gasteiger charge is 2.34. The summed E-state index contributed by atoms with van der Waals surface area (Å²) in [6.07, 6.45) is 3.22. The molecule has 0 bridgehead atoms. The van der Waals surface area contributed by atoms with E-state index in [2.05, 4.69) is 29.2 Å². The molecule has 1 aromatic heterocycles. The first-order valence-electron chi connectivity index (χ1n) is 5.31. The van der Waals surface area contributed by atoms with E-state index in [4.69, 9.17) is 5.84 Å². The molecule has 0 unspecified atom stereocenters. The van der Waals surface area contributed by atoms with E-state index in [0.29, 0.717) is 5.82 Å². The molecule has 1 aliphatic rings. The highest BCUT2D eigenvalue weighted by molar-refractivity contribution is 5.47. The maximum Gasteiger partial charge on any atom is 0.239 e. The van der Waals surface area contributed by atoms with Crippen molar-refractivity contribution in [3.63, 3.8) is 0 Å². The Morgan fingerprint density at radius 1 is 1.56 bits per heavy atom. The zero-order valence-corrected chi connectivity index (χ0v) is 9.50. The number of nitrogen functional groups attached to an aromatic ring is 1. The smallest absolute Gasteiger partial charge is 0.239 e. The van der Waals surface area contributed by atoms with Crippen molar-refractivity contribution < 1.29 is 4.39 Å². The van der Waals surface area contributed by atoms with Gasteiger partial charge in [0.2, 0.25) is 5.95 Å². The van der Waals surface area contributed by atoms with Gasteiger partial charge in [-0.05, 0) is 26.7 Å². The molecule has 88 valence electrons. The molecule has 2 heterocycles. The number of hydrogen-bond acceptors (Lipinski definition) is 5. The molecule has 1 aliphatic heterocycles. The summed E-state index contributed by atoms with van der Waals surface area (Å²) >= 11 is 0. The number of rotatable bonds is 2. The Bertz CT molecular complexity index is 393. The predicted octanol–water partition coefficient (Wildman–Crippen LogP) is 1.28. The van der Waals surface area contributed by atoms with Crippen molar-refractivity contribution in [1.29, 1.82) is 0 Å². The fourth-order valence-electron chi connectivity index (χ4n) is 2.12. The fourth-order valence-corrected chi connectivity index (χ4v) is 2.12. The molecule has 1 saturated heterocycles. The molecule has 5 nitrogen and oxygen atoms in total. The summed E-state index contributed by atoms with van der Waals surface area (Å²) in [6.45, 7) is 4.97. The van der Waals surface area contributed by atoms with Crippen LogP contribution in [0.25, 0.3) is 0 Å². The average Bonchev–Trinajstić information content (AvgIpc) is 2.59. The molecule has 6 heteroatoms. The standard InChI is InChI=1S/C10H16FN5/c1-10(2)4-3-5-16(10)8-7(11)6-13-9(14-8)15-12/h6H,3-5,12H2,1-2H3,(H,13,14,15). The van der Waals surface area contributed by atoms with Gasteiger partial charge in [0.25, 0.3) is 0 Å². The lowest BCUT2D eigenvalue weighted by molar-refractivity contribution is 0.500. The number of aromatic nitrogens is 2. The van der Waals surface area contributed by atoms with Crippen LogP contribution in [0.2, 0.25) is 0 Å². The van der Waals surface area contributed by atoms with Crippen LogP contribution in [-0.4, -0.2) is 22.1 Å². The van der Waals surface area contributed by atoms with Gasteiger partial charge >= 0.3 is 0 Å². The van der Waals surface area contributed by atoms with Crippen LogP contribution in [0.5, 0.6) is 0 Å². The van der Waals surface area contributed by atoms with Gasteiger partial charge in [0.05, 0.1) is 6.20 Å². The monoisotopic (exact) mass is 225 g/mol. The van der Waals surface area contributed by atoms with E-state index >= 15 is 0 Å². The van der Waals surface area contributed by atoms with Crippen LogP contribution in [0.3, 0.4) is 0 Å². The van der Waals surface area contributed by atoms with Crippen LogP contribution in [-0.2, 0) is 0 Å². The van der Waals surface area contributed by atoms with E-state index < -0.39 is 5.82 Å². The highest BCUT2D eigenvalue weighted by atomic mass is 19.1. The molecule has 0 aromatic carbocycles. The minimum atomic E-state index is -0.408. The van der Waals surface area contributed by atoms with Crippen LogP contribution >= 0.6 is 0 Å². The van der Waals surface area contributed by atoms with E-state index in [-0.39, 0.29) is 11.5 Å². The van der Waals surface area contributed by atoms with Gasteiger partial charge in [-0.2, -0.15) is 4.98 Å². The molecule has 16 heavy (non-hydrogen) atoms. The fraction of sp³-hybridized carbons (Fsp3) is 0.600. The molecule has 0 spiro atoms. The summed E-state index contributed by atoms with van der Waals surface area (Å²) in [6, 6.07) is 0. The number of halogens is 1. The summed E-state index contributed by atoms with van der Waals surface area (Å²) < 4.78 is 13.7. The summed E-state index contributed by atoms with van der Waals surface area (Å²) in [5.74, 6) is 5.37. The van der Waals surface area contributed by atoms with Crippen LogP contribution < -0.4 is 16.2 Å². The van der Waals surface area contributed by atoms with Crippen LogP contribution in [0, 0.1) is 5.82 Å². The van der Waals surface area contributed by atoms with Gasteiger partial charge in [0.15, 0.2) is 11.6 Å². The quantitative estimate of drug-likeness (QED) is 0.586. The van der Waals surface area contributed by atoms with Crippen LogP contribution in [0.4, 0.5) is 16.2 Å². The highest BCUT2D eigenvalue weighted by Crippen LogP contribution is 2.33. The third-order valence-corrected chi connectivity index (χ3v) is 3.01. The minimum Gasteiger partial charge on any atom is -0.349 e. The van der Waals surface area contributed by atoms with Gasteiger partial charge in [-0.25, -0.2) is 15.2 Å². The number of hydrogen-bond donors (Lipinski definition) is 2. The molecule has 2 rings (SSSR count). The van der Waals surface area contributed by atoms with Crippen molar-refractivity contribution in [2.75, 3.05) is 16.9 Å². The molecule has 0 amide bonds. The normalized spacial score (nSPS) is 18.9. The zero-order valence-electron chi connectivity index (χ0n) is 9.50. The Kier molecular flexibility index (Phi) is 2.67. The Morgan fingerprint density at radius 2 is 2.31 bits per heavy atom. The lowest BCUT2D eigenvalue weighted by atomic mass is 10.0. The molecule has 0 atom stereocenters. The van der Waals surface area contributed by atoms with Crippen LogP contribution in [0.1, 0.15) is 26.7 Å². The first kappa shape index (κ1) is 11.1. The molecule has 0 aliphatic carbocycles. The largest absolute Gasteiger partial charge is 0.349 e. The third kappa shape index (κ3) is 1.80. The first-order valence-corrected chi connectivity index (χ1v) is 5.31. The van der Waals surface area contributed by atoms with Crippen molar-refractivity contribution in [1.82, 2.24) is 9.97 Å². The SMILES string of the molecule is CC1(C)CCCN1c1nc(NN)ncc1F. The molecular weight excluding hydrogens is 209 g/mol. The summed E-state index contributed by atoms with van der Waals surface area (Å²) in [4.78, 5) is 9.76. The van der Waals surface area contributed by atoms with E-state index in [9.17, 15) is 4.39 Å². The number of hydrazine groups is 1. The summed E-state index contributed by atoms with van der Waals surface area (Å²) in [7, 11) is 0. The number of nitrogens with two attached hydrogens (primary N) is 1. The lowest BCUT2D eigenvalue weighted by Crippen LogP contribution is -2.39. The molecule has 0 saturated carbocycles. The van der Waals surface area contributed by atoms with Gasteiger partial charge < -0.3 is 4.90 Å². The topological polar surface area (TPSA) is 67.1 Å². The van der Waals surface area contributed by atoms with E-state index in [1.54, 1.807) is 0 Å². The van der Waals surface area contributed by atoms with Crippen molar-refractivity contribution in [2.45, 2.75) is 32.2 Å². The lowest BCUT2D eigenvalue weighted by Gasteiger charge is -2.32. The summed E-state index contributed by atoms with van der Waals surface area (Å²) in [5.41, 5.74) is 2.26. The maximum absolute atomic E-state index is 13.7. The Labute approximate surface area is 93.8 Å². The average molecular weight is 225 g/mol. The van der Waals surface area contributed by atoms with Gasteiger partial charge in [0, 0.05) is 12.1 Å². The minimum absolute atomic E-state index is 0.0684. The van der Waals surface area contributed by atoms with E-state index in [1.807, 2.05) is 4.90 Å². The first-order chi connectivity index (χ1) is 7.54. The van der Waals surface area contributed by atoms with E-state index in [0.717, 1.165) is 25.6 Å². The Morgan fingerprint density at radius 3 is 2.88 bits per heavy atom. The van der Waals surface area contributed by atoms with Crippen molar-refractivity contribution in [3.05, 3.63) is 12.0 Å². The zero-order chi connectivity index (χ0) is 11.8. The molecule has 1 fully saturated rings. The molecule has 3 N–H and O–H groups in total. The molecule has 0 radical (unpaired) electrons. The van der Waals surface area contributed by atoms with Gasteiger partial charge in [-0.3, -0.25) is 5.43 Å². The Balaban J connectivity index is 2.39. The second-order valence-electron chi connectivity index (χ2n) is 4.58. The second-order valence-corrected chi connectivity index (χ2v) is 4.58.